The molecule has 0 bridgehead atoms. The summed E-state index contributed by atoms with van der Waals surface area (Å²) in [6.45, 7) is 1.61. The number of nitrogens with one attached hydrogen (secondary N) is 1. The van der Waals surface area contributed by atoms with Gasteiger partial charge >= 0.3 is 0 Å². The van der Waals surface area contributed by atoms with Crippen molar-refractivity contribution in [2.75, 3.05) is 27.3 Å². The van der Waals surface area contributed by atoms with Crippen molar-refractivity contribution in [1.82, 2.24) is 10.2 Å². The zero-order chi connectivity index (χ0) is 17.4. The maximum Gasteiger partial charge on any atom is 0.252 e. The summed E-state index contributed by atoms with van der Waals surface area (Å²) in [4.78, 5) is 26.2. The van der Waals surface area contributed by atoms with Crippen LogP contribution in [0.5, 0.6) is 0 Å². The van der Waals surface area contributed by atoms with Crippen LogP contribution in [0.3, 0.4) is 0 Å². The summed E-state index contributed by atoms with van der Waals surface area (Å²) in [7, 11) is 3.19. The Balaban J connectivity index is 1.90. The topological polar surface area (TPSA) is 67.9 Å². The Morgan fingerprint density at radius 2 is 2.00 bits per heavy atom. The number of methoxy groups -OCH3 is 2. The summed E-state index contributed by atoms with van der Waals surface area (Å²) in [5.41, 5.74) is 2.07. The molecule has 0 saturated carbocycles. The Bertz CT molecular complexity index is 562. The van der Waals surface area contributed by atoms with Crippen molar-refractivity contribution in [2.24, 2.45) is 0 Å². The second kappa shape index (κ2) is 9.39. The van der Waals surface area contributed by atoms with E-state index in [2.05, 4.69) is 5.32 Å². The molecule has 1 atom stereocenters. The van der Waals surface area contributed by atoms with Crippen LogP contribution in [0.15, 0.2) is 24.3 Å². The zero-order valence-electron chi connectivity index (χ0n) is 14.4. The second-order valence-corrected chi connectivity index (χ2v) is 5.96. The third-order valence-electron chi connectivity index (χ3n) is 4.24. The van der Waals surface area contributed by atoms with Crippen molar-refractivity contribution in [3.05, 3.63) is 35.4 Å². The summed E-state index contributed by atoms with van der Waals surface area (Å²) in [5.74, 6) is -0.253. The third-order valence-corrected chi connectivity index (χ3v) is 4.24. The predicted molar refractivity (Wildman–Crippen MR) is 90.2 cm³/mol. The van der Waals surface area contributed by atoms with Gasteiger partial charge in [0, 0.05) is 27.3 Å². The Labute approximate surface area is 143 Å². The van der Waals surface area contributed by atoms with E-state index in [0.717, 1.165) is 30.4 Å². The molecule has 1 aliphatic heterocycles. The summed E-state index contributed by atoms with van der Waals surface area (Å²) >= 11 is 0. The van der Waals surface area contributed by atoms with Gasteiger partial charge in [-0.25, -0.2) is 0 Å². The van der Waals surface area contributed by atoms with E-state index in [1.807, 2.05) is 24.3 Å². The number of carbonyl (C=O) groups is 2. The zero-order valence-corrected chi connectivity index (χ0v) is 14.4. The normalized spacial score (nSPS) is 18.3. The van der Waals surface area contributed by atoms with Crippen LogP contribution in [0.4, 0.5) is 0 Å². The van der Waals surface area contributed by atoms with Crippen molar-refractivity contribution < 1.29 is 19.1 Å². The van der Waals surface area contributed by atoms with Gasteiger partial charge in [0.1, 0.15) is 6.10 Å². The Morgan fingerprint density at radius 3 is 2.71 bits per heavy atom. The fraction of sp³-hybridized carbons (Fsp3) is 0.556. The molecule has 0 radical (unpaired) electrons. The summed E-state index contributed by atoms with van der Waals surface area (Å²) in [5, 5.41) is 2.89. The van der Waals surface area contributed by atoms with E-state index < -0.39 is 6.10 Å². The third kappa shape index (κ3) is 5.04. The predicted octanol–water partition coefficient (Wildman–Crippen LogP) is 1.48. The van der Waals surface area contributed by atoms with E-state index in [4.69, 9.17) is 9.47 Å². The van der Waals surface area contributed by atoms with Gasteiger partial charge in [0.2, 0.25) is 5.91 Å². The highest BCUT2D eigenvalue weighted by molar-refractivity contribution is 5.87. The van der Waals surface area contributed by atoms with Gasteiger partial charge in [-0.15, -0.1) is 0 Å². The second-order valence-electron chi connectivity index (χ2n) is 5.96. The average Bonchev–Trinajstić information content (AvgIpc) is 2.76. The molecule has 1 saturated heterocycles. The van der Waals surface area contributed by atoms with Crippen LogP contribution in [0.1, 0.15) is 30.4 Å². The first-order valence-corrected chi connectivity index (χ1v) is 8.29. The highest BCUT2D eigenvalue weighted by Crippen LogP contribution is 2.14. The number of hydrogen-bond acceptors (Lipinski definition) is 4. The lowest BCUT2D eigenvalue weighted by molar-refractivity contribution is -0.144. The fourth-order valence-corrected chi connectivity index (χ4v) is 2.89. The van der Waals surface area contributed by atoms with Gasteiger partial charge in [0.05, 0.1) is 13.2 Å². The maximum absolute atomic E-state index is 12.3. The molecule has 2 amide bonds. The monoisotopic (exact) mass is 334 g/mol. The van der Waals surface area contributed by atoms with Crippen LogP contribution in [0.25, 0.3) is 0 Å². The molecule has 2 rings (SSSR count). The van der Waals surface area contributed by atoms with Crippen molar-refractivity contribution in [3.63, 3.8) is 0 Å². The lowest BCUT2D eigenvalue weighted by atomic mass is 10.1. The number of likely N-dealkylation sites (tertiary alicyclic amines) is 1. The Morgan fingerprint density at radius 1 is 1.25 bits per heavy atom. The molecule has 24 heavy (non-hydrogen) atoms. The van der Waals surface area contributed by atoms with Crippen LogP contribution in [-0.2, 0) is 32.2 Å². The average molecular weight is 334 g/mol. The van der Waals surface area contributed by atoms with E-state index in [1.54, 1.807) is 19.1 Å². The molecular weight excluding hydrogens is 308 g/mol. The van der Waals surface area contributed by atoms with Gasteiger partial charge < -0.3 is 19.7 Å². The highest BCUT2D eigenvalue weighted by atomic mass is 16.5. The lowest BCUT2D eigenvalue weighted by Gasteiger charge is -2.23. The molecular formula is C18H26N2O4. The Kier molecular flexibility index (Phi) is 7.21. The first-order chi connectivity index (χ1) is 11.7. The quantitative estimate of drug-likeness (QED) is 0.820. The molecule has 1 fully saturated rings. The largest absolute Gasteiger partial charge is 0.380 e. The van der Waals surface area contributed by atoms with E-state index in [0.29, 0.717) is 19.7 Å². The van der Waals surface area contributed by atoms with Crippen LogP contribution < -0.4 is 5.32 Å². The van der Waals surface area contributed by atoms with Gasteiger partial charge in [-0.2, -0.15) is 0 Å². The molecule has 132 valence electrons. The van der Waals surface area contributed by atoms with E-state index in [1.165, 1.54) is 0 Å². The van der Waals surface area contributed by atoms with Crippen molar-refractivity contribution in [2.45, 2.75) is 38.5 Å². The molecule has 6 heteroatoms. The molecule has 6 nitrogen and oxygen atoms in total. The standard InChI is InChI=1S/C18H26N2O4/c1-23-13-15-8-4-3-7-14(15)11-19-17(21)12-20-10-6-5-9-16(24-2)18(20)22/h3-4,7-8,16H,5-6,9-13H2,1-2H3,(H,19,21). The van der Waals surface area contributed by atoms with Gasteiger partial charge in [-0.3, -0.25) is 9.59 Å². The molecule has 1 aliphatic rings. The van der Waals surface area contributed by atoms with Crippen LogP contribution >= 0.6 is 0 Å². The molecule has 1 N–H and O–H groups in total. The molecule has 0 spiro atoms. The number of carbonyl (C=O) groups excluding carboxylic acids is 2. The van der Waals surface area contributed by atoms with E-state index in [-0.39, 0.29) is 18.4 Å². The van der Waals surface area contributed by atoms with E-state index in [9.17, 15) is 9.59 Å². The summed E-state index contributed by atoms with van der Waals surface area (Å²) < 4.78 is 10.4. The van der Waals surface area contributed by atoms with Crippen molar-refractivity contribution in [3.8, 4) is 0 Å². The first kappa shape index (κ1) is 18.4. The van der Waals surface area contributed by atoms with E-state index >= 15 is 0 Å². The van der Waals surface area contributed by atoms with Gasteiger partial charge in [0.25, 0.3) is 5.91 Å². The number of benzene rings is 1. The summed E-state index contributed by atoms with van der Waals surface area (Å²) in [6, 6.07) is 7.82. The smallest absolute Gasteiger partial charge is 0.252 e. The van der Waals surface area contributed by atoms with Crippen LogP contribution in [0, 0.1) is 0 Å². The minimum Gasteiger partial charge on any atom is -0.380 e. The molecule has 1 heterocycles. The van der Waals surface area contributed by atoms with Gasteiger partial charge in [-0.1, -0.05) is 24.3 Å². The minimum absolute atomic E-state index is 0.0745. The number of hydrogen-bond donors (Lipinski definition) is 1. The van der Waals surface area contributed by atoms with Crippen molar-refractivity contribution >= 4 is 11.8 Å². The molecule has 1 aromatic rings. The molecule has 1 unspecified atom stereocenters. The number of nitrogens with zero attached hydrogens (tertiary/aromatic N) is 1. The van der Waals surface area contributed by atoms with Gasteiger partial charge in [-0.05, 0) is 30.4 Å². The lowest BCUT2D eigenvalue weighted by Crippen LogP contribution is -2.44. The Hall–Kier alpha value is -1.92. The first-order valence-electron chi connectivity index (χ1n) is 8.29. The summed E-state index contributed by atoms with van der Waals surface area (Å²) in [6.07, 6.45) is 2.13. The number of rotatable bonds is 7. The fourth-order valence-electron chi connectivity index (χ4n) is 2.89. The maximum atomic E-state index is 12.3. The number of ether oxygens (including phenoxy) is 2. The SMILES string of the molecule is COCc1ccccc1CNC(=O)CN1CCCCC(OC)C1=O. The van der Waals surface area contributed by atoms with Gasteiger partial charge in [0.15, 0.2) is 0 Å². The minimum atomic E-state index is -0.428. The highest BCUT2D eigenvalue weighted by Gasteiger charge is 2.27. The van der Waals surface area contributed by atoms with Crippen LogP contribution in [-0.4, -0.2) is 50.1 Å². The van der Waals surface area contributed by atoms with Crippen molar-refractivity contribution in [1.29, 1.82) is 0 Å². The number of amides is 2. The van der Waals surface area contributed by atoms with Crippen LogP contribution in [0.2, 0.25) is 0 Å². The molecule has 0 aromatic heterocycles. The molecule has 0 aliphatic carbocycles. The molecule has 1 aromatic carbocycles.